The molecule has 0 spiro atoms. The van der Waals surface area contributed by atoms with Crippen molar-refractivity contribution in [2.45, 2.75) is 57.1 Å². The van der Waals surface area contributed by atoms with Gasteiger partial charge in [-0.15, -0.1) is 0 Å². The number of carbonyl (C=O) groups excluding carboxylic acids is 1. The second-order valence-electron chi connectivity index (χ2n) is 6.09. The maximum atomic E-state index is 11.8. The molecule has 1 aliphatic heterocycles. The van der Waals surface area contributed by atoms with Gasteiger partial charge in [-0.3, -0.25) is 9.69 Å². The lowest BCUT2D eigenvalue weighted by Gasteiger charge is -2.29. The van der Waals surface area contributed by atoms with Crippen LogP contribution < -0.4 is 11.1 Å². The van der Waals surface area contributed by atoms with Crippen molar-refractivity contribution in [3.63, 3.8) is 0 Å². The molecule has 1 amide bonds. The highest BCUT2D eigenvalue weighted by Crippen LogP contribution is 2.19. The average molecular weight is 283 g/mol. The van der Waals surface area contributed by atoms with Crippen molar-refractivity contribution >= 4 is 5.91 Å². The standard InChI is InChI=1S/C15H29N3O2/c16-13-6-9-18(10-7-13)12-15(19)17-8-11-20-14-4-2-1-3-5-14/h13-14H,1-12,16H2,(H,17,19). The van der Waals surface area contributed by atoms with Gasteiger partial charge in [0.1, 0.15) is 0 Å². The maximum Gasteiger partial charge on any atom is 0.234 e. The van der Waals surface area contributed by atoms with Gasteiger partial charge in [-0.05, 0) is 25.7 Å². The smallest absolute Gasteiger partial charge is 0.234 e. The number of amides is 1. The number of nitrogens with one attached hydrogen (secondary N) is 1. The molecule has 1 saturated carbocycles. The van der Waals surface area contributed by atoms with E-state index in [0.29, 0.717) is 31.8 Å². The molecule has 5 heteroatoms. The molecule has 116 valence electrons. The normalized spacial score (nSPS) is 22.9. The molecule has 1 aliphatic carbocycles. The van der Waals surface area contributed by atoms with Crippen molar-refractivity contribution in [3.05, 3.63) is 0 Å². The number of nitrogens with two attached hydrogens (primary N) is 1. The number of rotatable bonds is 6. The first-order valence-corrected chi connectivity index (χ1v) is 8.10. The Morgan fingerprint density at radius 1 is 1.15 bits per heavy atom. The van der Waals surface area contributed by atoms with Gasteiger partial charge in [-0.2, -0.15) is 0 Å². The van der Waals surface area contributed by atoms with Gasteiger partial charge in [0.05, 0.1) is 19.3 Å². The average Bonchev–Trinajstić information content (AvgIpc) is 2.47. The molecule has 2 aliphatic rings. The van der Waals surface area contributed by atoms with E-state index in [2.05, 4.69) is 10.2 Å². The van der Waals surface area contributed by atoms with E-state index in [4.69, 9.17) is 10.5 Å². The summed E-state index contributed by atoms with van der Waals surface area (Å²) in [5.74, 6) is 0.104. The summed E-state index contributed by atoms with van der Waals surface area (Å²) in [6.45, 7) is 3.64. The third-order valence-electron chi connectivity index (χ3n) is 4.33. The fourth-order valence-electron chi connectivity index (χ4n) is 3.02. The largest absolute Gasteiger partial charge is 0.376 e. The second-order valence-corrected chi connectivity index (χ2v) is 6.09. The van der Waals surface area contributed by atoms with Crippen LogP contribution in [0.3, 0.4) is 0 Å². The number of hydrogen-bond donors (Lipinski definition) is 2. The fourth-order valence-corrected chi connectivity index (χ4v) is 3.02. The van der Waals surface area contributed by atoms with Gasteiger partial charge in [0, 0.05) is 25.7 Å². The van der Waals surface area contributed by atoms with Crippen molar-refractivity contribution < 1.29 is 9.53 Å². The Balaban J connectivity index is 1.49. The molecule has 1 saturated heterocycles. The summed E-state index contributed by atoms with van der Waals surface area (Å²) >= 11 is 0. The Labute approximate surface area is 122 Å². The number of ether oxygens (including phenoxy) is 1. The molecular weight excluding hydrogens is 254 g/mol. The van der Waals surface area contributed by atoms with Crippen LogP contribution in [-0.2, 0) is 9.53 Å². The summed E-state index contributed by atoms with van der Waals surface area (Å²) in [5.41, 5.74) is 5.85. The molecule has 20 heavy (non-hydrogen) atoms. The summed E-state index contributed by atoms with van der Waals surface area (Å²) in [6, 6.07) is 0.318. The summed E-state index contributed by atoms with van der Waals surface area (Å²) in [5, 5.41) is 2.94. The van der Waals surface area contributed by atoms with Crippen LogP contribution in [0.4, 0.5) is 0 Å². The van der Waals surface area contributed by atoms with E-state index in [-0.39, 0.29) is 5.91 Å². The molecule has 5 nitrogen and oxygen atoms in total. The molecule has 0 aromatic heterocycles. The molecule has 0 atom stereocenters. The van der Waals surface area contributed by atoms with E-state index in [9.17, 15) is 4.79 Å². The number of piperidine rings is 1. The van der Waals surface area contributed by atoms with Crippen LogP contribution in [-0.4, -0.2) is 55.7 Å². The quantitative estimate of drug-likeness (QED) is 0.710. The molecule has 0 radical (unpaired) electrons. The van der Waals surface area contributed by atoms with Crippen molar-refractivity contribution in [3.8, 4) is 0 Å². The second kappa shape index (κ2) is 8.60. The van der Waals surface area contributed by atoms with Crippen LogP contribution in [0.1, 0.15) is 44.9 Å². The topological polar surface area (TPSA) is 67.6 Å². The fraction of sp³-hybridized carbons (Fsp3) is 0.933. The summed E-state index contributed by atoms with van der Waals surface area (Å²) < 4.78 is 5.79. The predicted octanol–water partition coefficient (Wildman–Crippen LogP) is 0.875. The highest BCUT2D eigenvalue weighted by molar-refractivity contribution is 5.77. The van der Waals surface area contributed by atoms with Crippen molar-refractivity contribution in [2.75, 3.05) is 32.8 Å². The summed E-state index contributed by atoms with van der Waals surface area (Å²) in [7, 11) is 0. The SMILES string of the molecule is NC1CCN(CC(=O)NCCOC2CCCCC2)CC1. The van der Waals surface area contributed by atoms with E-state index in [1.54, 1.807) is 0 Å². The Hall–Kier alpha value is -0.650. The van der Waals surface area contributed by atoms with E-state index in [1.165, 1.54) is 32.1 Å². The van der Waals surface area contributed by atoms with Crippen LogP contribution in [0, 0.1) is 0 Å². The summed E-state index contributed by atoms with van der Waals surface area (Å²) in [4.78, 5) is 14.0. The number of hydrogen-bond acceptors (Lipinski definition) is 4. The van der Waals surface area contributed by atoms with Gasteiger partial charge in [0.2, 0.25) is 5.91 Å². The van der Waals surface area contributed by atoms with Crippen molar-refractivity contribution in [1.82, 2.24) is 10.2 Å². The Kier molecular flexibility index (Phi) is 6.76. The lowest BCUT2D eigenvalue weighted by Crippen LogP contribution is -2.45. The highest BCUT2D eigenvalue weighted by atomic mass is 16.5. The van der Waals surface area contributed by atoms with Crippen molar-refractivity contribution in [1.29, 1.82) is 0 Å². The molecule has 0 unspecified atom stereocenters. The minimum Gasteiger partial charge on any atom is -0.376 e. The third kappa shape index (κ3) is 5.77. The first-order chi connectivity index (χ1) is 9.74. The van der Waals surface area contributed by atoms with E-state index in [1.807, 2.05) is 0 Å². The van der Waals surface area contributed by atoms with E-state index < -0.39 is 0 Å². The van der Waals surface area contributed by atoms with E-state index in [0.717, 1.165) is 25.9 Å². The monoisotopic (exact) mass is 283 g/mol. The van der Waals surface area contributed by atoms with Gasteiger partial charge in [0.25, 0.3) is 0 Å². The zero-order chi connectivity index (χ0) is 14.2. The van der Waals surface area contributed by atoms with Crippen LogP contribution in [0.15, 0.2) is 0 Å². The zero-order valence-corrected chi connectivity index (χ0v) is 12.5. The Morgan fingerprint density at radius 2 is 1.85 bits per heavy atom. The van der Waals surface area contributed by atoms with Gasteiger partial charge in [0.15, 0.2) is 0 Å². The minimum absolute atomic E-state index is 0.104. The van der Waals surface area contributed by atoms with Gasteiger partial charge >= 0.3 is 0 Å². The molecule has 0 aromatic carbocycles. The molecule has 2 rings (SSSR count). The zero-order valence-electron chi connectivity index (χ0n) is 12.5. The van der Waals surface area contributed by atoms with Crippen LogP contribution in [0.25, 0.3) is 0 Å². The Bertz CT molecular complexity index is 285. The molecule has 0 bridgehead atoms. The lowest BCUT2D eigenvalue weighted by atomic mass is 9.98. The first-order valence-electron chi connectivity index (χ1n) is 8.10. The molecule has 0 aromatic rings. The van der Waals surface area contributed by atoms with Crippen molar-refractivity contribution in [2.24, 2.45) is 5.73 Å². The maximum absolute atomic E-state index is 11.8. The van der Waals surface area contributed by atoms with Crippen LogP contribution in [0.2, 0.25) is 0 Å². The predicted molar refractivity (Wildman–Crippen MR) is 79.5 cm³/mol. The highest BCUT2D eigenvalue weighted by Gasteiger charge is 2.18. The molecular formula is C15H29N3O2. The summed E-state index contributed by atoms with van der Waals surface area (Å²) in [6.07, 6.45) is 8.70. The van der Waals surface area contributed by atoms with Gasteiger partial charge in [-0.1, -0.05) is 19.3 Å². The van der Waals surface area contributed by atoms with Crippen LogP contribution in [0.5, 0.6) is 0 Å². The molecule has 2 fully saturated rings. The number of nitrogens with zero attached hydrogens (tertiary/aromatic N) is 1. The molecule has 3 N–H and O–H groups in total. The van der Waals surface area contributed by atoms with Gasteiger partial charge < -0.3 is 15.8 Å². The van der Waals surface area contributed by atoms with Gasteiger partial charge in [-0.25, -0.2) is 0 Å². The number of likely N-dealkylation sites (tertiary alicyclic amines) is 1. The Morgan fingerprint density at radius 3 is 2.55 bits per heavy atom. The first kappa shape index (κ1) is 15.7. The molecule has 1 heterocycles. The minimum atomic E-state index is 0.104. The lowest BCUT2D eigenvalue weighted by molar-refractivity contribution is -0.122. The number of carbonyl (C=O) groups is 1. The third-order valence-corrected chi connectivity index (χ3v) is 4.33. The van der Waals surface area contributed by atoms with Crippen LogP contribution >= 0.6 is 0 Å². The van der Waals surface area contributed by atoms with E-state index >= 15 is 0 Å².